The molecule has 2 atom stereocenters. The van der Waals surface area contributed by atoms with Crippen molar-refractivity contribution in [3.8, 4) is 21.0 Å². The highest BCUT2D eigenvalue weighted by Gasteiger charge is 2.42. The molecule has 0 aliphatic carbocycles. The normalized spacial score (nSPS) is 18.5. The summed E-state index contributed by atoms with van der Waals surface area (Å²) >= 11 is 2.82. The van der Waals surface area contributed by atoms with Gasteiger partial charge in [-0.15, -0.1) is 22.7 Å². The molecule has 0 unspecified atom stereocenters. The molecule has 2 aliphatic rings. The number of thiophene rings is 1. The molecular weight excluding hydrogens is 733 g/mol. The Morgan fingerprint density at radius 2 is 1.67 bits per heavy atom. The van der Waals surface area contributed by atoms with E-state index in [0.29, 0.717) is 66.9 Å². The van der Waals surface area contributed by atoms with Crippen LogP contribution in [0.1, 0.15) is 57.4 Å². The number of likely N-dealkylation sites (tertiary alicyclic amines) is 2. The zero-order valence-corrected chi connectivity index (χ0v) is 32.4. The average molecular weight is 775 g/mol. The Morgan fingerprint density at radius 1 is 0.927 bits per heavy atom. The van der Waals surface area contributed by atoms with E-state index >= 15 is 0 Å². The summed E-state index contributed by atoms with van der Waals surface area (Å²) in [5.41, 5.74) is 4.44. The molecule has 2 N–H and O–H groups in total. The Balaban J connectivity index is 0.947. The molecule has 13 heteroatoms. The van der Waals surface area contributed by atoms with Crippen molar-refractivity contribution in [3.63, 3.8) is 0 Å². The number of benzene rings is 2. The molecule has 11 nitrogen and oxygen atoms in total. The van der Waals surface area contributed by atoms with Crippen LogP contribution in [0.2, 0.25) is 0 Å². The van der Waals surface area contributed by atoms with Crippen molar-refractivity contribution in [2.45, 2.75) is 57.8 Å². The van der Waals surface area contributed by atoms with E-state index in [9.17, 15) is 24.6 Å². The molecule has 0 radical (unpaired) electrons. The van der Waals surface area contributed by atoms with Gasteiger partial charge in [0.1, 0.15) is 9.88 Å². The predicted molar refractivity (Wildman–Crippen MR) is 214 cm³/mol. The maximum absolute atomic E-state index is 14.3. The van der Waals surface area contributed by atoms with Gasteiger partial charge in [-0.2, -0.15) is 0 Å². The van der Waals surface area contributed by atoms with Crippen LogP contribution in [0.3, 0.4) is 0 Å². The van der Waals surface area contributed by atoms with Gasteiger partial charge in [0.2, 0.25) is 5.91 Å². The first-order valence-electron chi connectivity index (χ1n) is 18.5. The number of aliphatic hydroxyl groups excluding tert-OH is 1. The Labute approximate surface area is 326 Å². The number of carbonyl (C=O) groups excluding carboxylic acids is 2. The number of hydrogen-bond donors (Lipinski definition) is 2. The summed E-state index contributed by atoms with van der Waals surface area (Å²) in [6, 6.07) is 21.4. The molecule has 6 heterocycles. The minimum Gasteiger partial charge on any atom is -0.392 e. The lowest BCUT2D eigenvalue weighted by atomic mass is 9.79. The number of piperidine rings is 2. The van der Waals surface area contributed by atoms with Crippen LogP contribution in [0.25, 0.3) is 31.9 Å². The average Bonchev–Trinajstić information content (AvgIpc) is 3.83. The van der Waals surface area contributed by atoms with E-state index in [1.807, 2.05) is 95.8 Å². The first kappa shape index (κ1) is 36.9. The van der Waals surface area contributed by atoms with Crippen LogP contribution in [0.15, 0.2) is 89.4 Å². The molecule has 0 saturated carbocycles. The maximum Gasteiger partial charge on any atom is 0.265 e. The monoisotopic (exact) mass is 774 g/mol. The topological polar surface area (TPSA) is 142 Å². The third-order valence-electron chi connectivity index (χ3n) is 11.0. The van der Waals surface area contributed by atoms with Gasteiger partial charge in [0.25, 0.3) is 11.5 Å². The molecule has 2 amide bonds. The molecule has 2 aliphatic heterocycles. The van der Waals surface area contributed by atoms with Gasteiger partial charge in [0.05, 0.1) is 46.6 Å². The molecule has 8 rings (SSSR count). The van der Waals surface area contributed by atoms with Gasteiger partial charge in [-0.05, 0) is 61.9 Å². The van der Waals surface area contributed by atoms with E-state index in [-0.39, 0.29) is 42.4 Å². The van der Waals surface area contributed by atoms with E-state index in [1.165, 1.54) is 33.6 Å². The molecule has 2 aromatic carbocycles. The number of hydrogen-bond acceptors (Lipinski definition) is 10. The zero-order chi connectivity index (χ0) is 38.3. The molecular formula is C42H42N6O5S2. The number of aromatic nitrogens is 4. The highest BCUT2D eigenvalue weighted by molar-refractivity contribution is 7.17. The maximum atomic E-state index is 14.3. The lowest BCUT2D eigenvalue weighted by Crippen LogP contribution is -2.53. The van der Waals surface area contributed by atoms with Crippen LogP contribution in [-0.2, 0) is 17.9 Å². The summed E-state index contributed by atoms with van der Waals surface area (Å²) in [6.07, 6.45) is 4.46. The van der Waals surface area contributed by atoms with Gasteiger partial charge in [0, 0.05) is 60.8 Å². The molecule has 2 saturated heterocycles. The third kappa shape index (κ3) is 7.37. The second-order valence-electron chi connectivity index (χ2n) is 14.7. The van der Waals surface area contributed by atoms with Crippen molar-refractivity contribution >= 4 is 45.4 Å². The number of carbonyl (C=O) groups is 2. The number of aryl methyl sites for hydroxylation is 2. The predicted octanol–water partition coefficient (Wildman–Crippen LogP) is 6.05. The van der Waals surface area contributed by atoms with Crippen molar-refractivity contribution in [1.29, 1.82) is 0 Å². The van der Waals surface area contributed by atoms with E-state index in [0.717, 1.165) is 37.8 Å². The summed E-state index contributed by atoms with van der Waals surface area (Å²) in [7, 11) is 0. The molecule has 282 valence electrons. The number of rotatable bonds is 8. The summed E-state index contributed by atoms with van der Waals surface area (Å²) in [4.78, 5) is 60.8. The molecule has 0 spiro atoms. The summed E-state index contributed by atoms with van der Waals surface area (Å²) in [5.74, 6) is -0.560. The number of aliphatic hydroxyl groups is 2. The number of thiazole rings is 1. The Kier molecular flexibility index (Phi) is 10.2. The Bertz CT molecular complexity index is 2400. The van der Waals surface area contributed by atoms with E-state index in [4.69, 9.17) is 4.98 Å². The second-order valence-corrected chi connectivity index (χ2v) is 16.6. The first-order chi connectivity index (χ1) is 26.6. The minimum atomic E-state index is -1.18. The molecule has 0 bridgehead atoms. The van der Waals surface area contributed by atoms with Crippen LogP contribution in [0.5, 0.6) is 0 Å². The van der Waals surface area contributed by atoms with Gasteiger partial charge < -0.3 is 20.0 Å². The van der Waals surface area contributed by atoms with Crippen molar-refractivity contribution in [1.82, 2.24) is 29.3 Å². The fourth-order valence-corrected chi connectivity index (χ4v) is 9.84. The van der Waals surface area contributed by atoms with Crippen LogP contribution in [-0.4, -0.2) is 83.1 Å². The molecule has 55 heavy (non-hydrogen) atoms. The van der Waals surface area contributed by atoms with Crippen molar-refractivity contribution in [2.24, 2.45) is 5.92 Å². The quantitative estimate of drug-likeness (QED) is 0.191. The second kappa shape index (κ2) is 15.2. The number of pyridine rings is 1. The number of amides is 2. The van der Waals surface area contributed by atoms with Gasteiger partial charge in [-0.1, -0.05) is 54.6 Å². The van der Waals surface area contributed by atoms with Gasteiger partial charge >= 0.3 is 0 Å². The van der Waals surface area contributed by atoms with Gasteiger partial charge in [0.15, 0.2) is 0 Å². The fourth-order valence-electron chi connectivity index (χ4n) is 7.82. The smallest absolute Gasteiger partial charge is 0.265 e. The summed E-state index contributed by atoms with van der Waals surface area (Å²) in [5, 5.41) is 24.2. The lowest BCUT2D eigenvalue weighted by Gasteiger charge is -2.43. The Hall–Kier alpha value is -5.08. The Morgan fingerprint density at radius 3 is 2.38 bits per heavy atom. The minimum absolute atomic E-state index is 0.0317. The van der Waals surface area contributed by atoms with Crippen LogP contribution < -0.4 is 5.56 Å². The van der Waals surface area contributed by atoms with E-state index in [2.05, 4.69) is 9.97 Å². The largest absolute Gasteiger partial charge is 0.392 e. The molecule has 4 aromatic heterocycles. The zero-order valence-electron chi connectivity index (χ0n) is 30.7. The van der Waals surface area contributed by atoms with Crippen LogP contribution in [0, 0.1) is 19.8 Å². The lowest BCUT2D eigenvalue weighted by molar-refractivity contribution is -0.142. The number of nitrogens with zero attached hydrogens (tertiary/aromatic N) is 6. The fraction of sp³-hybridized carbons (Fsp3) is 0.333. The van der Waals surface area contributed by atoms with Crippen molar-refractivity contribution < 1.29 is 19.8 Å². The van der Waals surface area contributed by atoms with Gasteiger partial charge in [-0.3, -0.25) is 23.9 Å². The van der Waals surface area contributed by atoms with Gasteiger partial charge in [-0.25, -0.2) is 9.97 Å². The van der Waals surface area contributed by atoms with E-state index in [1.54, 1.807) is 6.20 Å². The van der Waals surface area contributed by atoms with Crippen LogP contribution in [0.4, 0.5) is 0 Å². The summed E-state index contributed by atoms with van der Waals surface area (Å²) in [6.45, 7) is 5.43. The standard InChI is InChI=1S/C42H42N6O5S2/c1-26-8-11-31(20-43-26)38-45-27(2)36(55-38)41(52)47-17-14-32(33(21-47)29-6-4-3-5-7-29)39(50)46-18-15-42(53,16-19-46)24-48-25-44-35-34(40(48)51)23-54-37(35)30-12-9-28(22-49)10-13-30/h3-13,20,23,25,32-33,49,53H,14-19,21-22,24H2,1-2H3/t32-,33+/m1/s1. The SMILES string of the molecule is Cc1ccc(-c2nc(C)c(C(=O)N3CC[C@@H](C(=O)N4CCC(O)(Cn5cnc6c(-c7ccc(CO)cc7)scc6c5=O)CC4)[C@H](c4ccccc4)C3)s2)cn1. The third-order valence-corrected chi connectivity index (χ3v) is 13.3. The van der Waals surface area contributed by atoms with E-state index < -0.39 is 5.60 Å². The highest BCUT2D eigenvalue weighted by Crippen LogP contribution is 2.38. The summed E-state index contributed by atoms with van der Waals surface area (Å²) < 4.78 is 1.48. The number of fused-ring (bicyclic) bond motifs is 1. The van der Waals surface area contributed by atoms with Crippen LogP contribution >= 0.6 is 22.7 Å². The molecule has 6 aromatic rings. The first-order valence-corrected chi connectivity index (χ1v) is 20.2. The highest BCUT2D eigenvalue weighted by atomic mass is 32.1. The molecule has 2 fully saturated rings. The van der Waals surface area contributed by atoms with Crippen molar-refractivity contribution in [3.05, 3.63) is 122 Å². The van der Waals surface area contributed by atoms with Crippen molar-refractivity contribution in [2.75, 3.05) is 26.2 Å².